The van der Waals surface area contributed by atoms with Gasteiger partial charge >= 0.3 is 5.97 Å². The van der Waals surface area contributed by atoms with E-state index in [2.05, 4.69) is 52.8 Å². The number of hydrogen-bond donors (Lipinski definition) is 12. The molecule has 0 aliphatic carbocycles. The Labute approximate surface area is 448 Å². The Bertz CT molecular complexity index is 2380. The highest BCUT2D eigenvalue weighted by atomic mass is 33.1. The molecule has 4 rings (SSSR count). The Hall–Kier alpha value is -7.21. The topological polar surface area (TPSA) is 418 Å². The number of nitrogens with two attached hydrogens (primary N) is 2. The smallest absolute Gasteiger partial charge is 0.305 e. The summed E-state index contributed by atoms with van der Waals surface area (Å²) in [5.41, 5.74) is 11.5. The van der Waals surface area contributed by atoms with Crippen LogP contribution in [0.5, 0.6) is 0 Å². The lowest BCUT2D eigenvalue weighted by Crippen LogP contribution is -2.59. The number of ketones is 1. The summed E-state index contributed by atoms with van der Waals surface area (Å²) in [6.45, 7) is 0.382. The first-order chi connectivity index (χ1) is 36.2. The molecule has 30 heteroatoms. The van der Waals surface area contributed by atoms with Gasteiger partial charge in [-0.1, -0.05) is 51.9 Å². The molecule has 2 fully saturated rings. The molecule has 0 radical (unpaired) electrons. The standard InChI is InChI=1S/C46H63N13O14S3/c1-25(60)31-21-74-24-36(63)52-28(10-5-6-15-49-34(61)14-17-59-37(64)12-13-38(59)65)41(69)57-32-22-75-76-23-33(45(73)55-29(42(70)56-31)18-26-8-3-2-4-9-26)58-43(71)30(19-39(66)67)53-35(62)20-51-40(68)27(54-44(32)72)11-7-16-50-46(47)48/h2-4,8-9,12-13,27-33H,5-7,10-11,14-24H2,1H3,(H,49,61)(H,51,68)(H,52,63)(H,53,62)(H,54,72)(H,55,73)(H,56,70)(H,57,69)(H,58,71)(H,66,67)(H4,47,48,50)/t27-,28-,29-,30-,31-,32-,33-/m0/s1. The maximum atomic E-state index is 14.3. The Morgan fingerprint density at radius 3 is 1.88 bits per heavy atom. The van der Waals surface area contributed by atoms with E-state index in [1.165, 1.54) is 6.92 Å². The van der Waals surface area contributed by atoms with Crippen LogP contribution in [0.2, 0.25) is 0 Å². The number of fused-ring (bicyclic) bond motifs is 5. The highest BCUT2D eigenvalue weighted by Gasteiger charge is 2.35. The highest BCUT2D eigenvalue weighted by Crippen LogP contribution is 2.24. The average molecular weight is 1120 g/mol. The quantitative estimate of drug-likeness (QED) is 0.0230. The zero-order valence-corrected chi connectivity index (χ0v) is 43.9. The van der Waals surface area contributed by atoms with Crippen LogP contribution in [0.25, 0.3) is 0 Å². The zero-order valence-electron chi connectivity index (χ0n) is 41.4. The van der Waals surface area contributed by atoms with Crippen molar-refractivity contribution in [1.82, 2.24) is 52.8 Å². The fraction of sp³-hybridized carbons (Fsp3) is 0.522. The van der Waals surface area contributed by atoms with Crippen LogP contribution >= 0.6 is 33.3 Å². The number of rotatable bonds is 17. The number of nitrogens with zero attached hydrogens (tertiary/aromatic N) is 2. The number of benzene rings is 1. The SMILES string of the molecule is CC(=O)[C@@H]1CSCC(=O)N[C@@H](CCCCNC(=O)CCN2C(=O)C=CC2=O)C(=O)N[C@H]2CSSC[C@H](NC(=O)[C@H](CC(=O)O)NC(=O)CNC(=O)[C@H](CCCN=C(N)N)NC2=O)C(=O)N[C@@H](Cc2ccccc2)C(=O)N1. The monoisotopic (exact) mass is 1120 g/mol. The molecule has 7 atom stereocenters. The Morgan fingerprint density at radius 1 is 0.684 bits per heavy atom. The van der Waals surface area contributed by atoms with Crippen molar-refractivity contribution in [3.05, 3.63) is 48.0 Å². The summed E-state index contributed by atoms with van der Waals surface area (Å²) in [6.07, 6.45) is 1.45. The largest absolute Gasteiger partial charge is 0.481 e. The number of imide groups is 1. The van der Waals surface area contributed by atoms with Gasteiger partial charge in [0.2, 0.25) is 53.2 Å². The van der Waals surface area contributed by atoms with Gasteiger partial charge in [0.05, 0.1) is 24.8 Å². The molecule has 3 aliphatic rings. The van der Waals surface area contributed by atoms with Gasteiger partial charge in [-0.3, -0.25) is 72.2 Å². The van der Waals surface area contributed by atoms with Gasteiger partial charge in [-0.15, -0.1) is 11.8 Å². The molecule has 27 nitrogen and oxygen atoms in total. The van der Waals surface area contributed by atoms with Gasteiger partial charge in [0.15, 0.2) is 11.7 Å². The summed E-state index contributed by atoms with van der Waals surface area (Å²) in [6, 6.07) is -1.57. The first-order valence-electron chi connectivity index (χ1n) is 24.0. The summed E-state index contributed by atoms with van der Waals surface area (Å²) < 4.78 is 0. The van der Waals surface area contributed by atoms with Crippen molar-refractivity contribution in [3.63, 3.8) is 0 Å². The summed E-state index contributed by atoms with van der Waals surface area (Å²) in [5, 5.41) is 32.6. The first-order valence-corrected chi connectivity index (χ1v) is 27.7. The van der Waals surface area contributed by atoms with E-state index in [1.807, 2.05) is 0 Å². The molecule has 76 heavy (non-hydrogen) atoms. The van der Waals surface area contributed by atoms with E-state index in [4.69, 9.17) is 11.5 Å². The van der Waals surface area contributed by atoms with Crippen LogP contribution in [0.15, 0.2) is 47.5 Å². The van der Waals surface area contributed by atoms with E-state index < -0.39 is 132 Å². The fourth-order valence-electron chi connectivity index (χ4n) is 7.40. The molecule has 0 aromatic heterocycles. The number of aliphatic carboxylic acids is 1. The third-order valence-corrected chi connectivity index (χ3v) is 14.9. The van der Waals surface area contributed by atoms with E-state index >= 15 is 0 Å². The third-order valence-electron chi connectivity index (χ3n) is 11.4. The number of Topliss-reactive ketones (excluding diaryl/α,β-unsaturated/α-hetero) is 1. The molecule has 2 bridgehead atoms. The van der Waals surface area contributed by atoms with Crippen molar-refractivity contribution in [2.24, 2.45) is 16.5 Å². The van der Waals surface area contributed by atoms with Gasteiger partial charge in [-0.2, -0.15) is 0 Å². The molecule has 11 amide bonds. The second-order valence-electron chi connectivity index (χ2n) is 17.5. The summed E-state index contributed by atoms with van der Waals surface area (Å²) in [4.78, 5) is 177. The molecule has 414 valence electrons. The Morgan fingerprint density at radius 2 is 1.26 bits per heavy atom. The van der Waals surface area contributed by atoms with Crippen molar-refractivity contribution in [3.8, 4) is 0 Å². The lowest BCUT2D eigenvalue weighted by molar-refractivity contribution is -0.141. The fourth-order valence-corrected chi connectivity index (χ4v) is 10.7. The Kier molecular flexibility index (Phi) is 25.5. The molecular formula is C46H63N13O14S3. The number of amides is 11. The van der Waals surface area contributed by atoms with Gasteiger partial charge in [-0.25, -0.2) is 0 Å². The minimum Gasteiger partial charge on any atom is -0.481 e. The van der Waals surface area contributed by atoms with Gasteiger partial charge in [0.1, 0.15) is 36.3 Å². The van der Waals surface area contributed by atoms with Crippen molar-refractivity contribution in [1.29, 1.82) is 0 Å². The number of carbonyl (C=O) groups excluding carboxylic acids is 12. The van der Waals surface area contributed by atoms with Crippen molar-refractivity contribution >= 4 is 116 Å². The van der Waals surface area contributed by atoms with Crippen LogP contribution in [-0.4, -0.2) is 184 Å². The molecule has 0 spiro atoms. The van der Waals surface area contributed by atoms with Gasteiger partial charge < -0.3 is 64.4 Å². The molecule has 1 aromatic rings. The number of nitrogens with one attached hydrogen (secondary N) is 9. The average Bonchev–Trinajstić information content (AvgIpc) is 3.69. The number of carboxylic acid groups (broad SMARTS) is 1. The normalized spacial score (nSPS) is 23.9. The second kappa shape index (κ2) is 31.6. The van der Waals surface area contributed by atoms with E-state index in [1.54, 1.807) is 30.3 Å². The molecule has 0 unspecified atom stereocenters. The summed E-state index contributed by atoms with van der Waals surface area (Å²) in [5.74, 6) is -12.0. The maximum absolute atomic E-state index is 14.3. The van der Waals surface area contributed by atoms with E-state index in [-0.39, 0.29) is 93.6 Å². The van der Waals surface area contributed by atoms with Crippen molar-refractivity contribution in [2.45, 2.75) is 101 Å². The van der Waals surface area contributed by atoms with Crippen LogP contribution in [0.1, 0.15) is 57.4 Å². The number of thioether (sulfide) groups is 1. The molecule has 0 saturated carbocycles. The molecule has 3 aliphatic heterocycles. The van der Waals surface area contributed by atoms with E-state index in [0.29, 0.717) is 5.56 Å². The van der Waals surface area contributed by atoms with Crippen molar-refractivity contribution in [2.75, 3.05) is 49.2 Å². The maximum Gasteiger partial charge on any atom is 0.305 e. The van der Waals surface area contributed by atoms with E-state index in [0.717, 1.165) is 50.4 Å². The zero-order chi connectivity index (χ0) is 55.7. The van der Waals surface area contributed by atoms with Crippen LogP contribution in [-0.2, 0) is 68.7 Å². The van der Waals surface area contributed by atoms with E-state index in [9.17, 15) is 67.4 Å². The Balaban J connectivity index is 1.69. The molecule has 14 N–H and O–H groups in total. The molecule has 3 heterocycles. The van der Waals surface area contributed by atoms with Crippen LogP contribution in [0.4, 0.5) is 0 Å². The van der Waals surface area contributed by atoms with Crippen LogP contribution in [0, 0.1) is 0 Å². The summed E-state index contributed by atoms with van der Waals surface area (Å²) in [7, 11) is 1.85. The number of unbranched alkanes of at least 4 members (excludes halogenated alkanes) is 1. The summed E-state index contributed by atoms with van der Waals surface area (Å²) >= 11 is 0.942. The highest BCUT2D eigenvalue weighted by molar-refractivity contribution is 8.76. The molecular weight excluding hydrogens is 1050 g/mol. The predicted octanol–water partition coefficient (Wildman–Crippen LogP) is -4.40. The number of hydrogen-bond acceptors (Lipinski definition) is 17. The van der Waals surface area contributed by atoms with Gasteiger partial charge in [-0.05, 0) is 44.6 Å². The third kappa shape index (κ3) is 21.6. The minimum atomic E-state index is -1.79. The minimum absolute atomic E-state index is 0.0185. The van der Waals surface area contributed by atoms with Crippen LogP contribution < -0.4 is 59.3 Å². The lowest BCUT2D eigenvalue weighted by Gasteiger charge is -2.27. The number of carboxylic acids is 1. The van der Waals surface area contributed by atoms with Gasteiger partial charge in [0.25, 0.3) is 11.8 Å². The second-order valence-corrected chi connectivity index (χ2v) is 21.0. The van der Waals surface area contributed by atoms with Gasteiger partial charge in [0, 0.05) is 61.9 Å². The first kappa shape index (κ1) is 61.3. The van der Waals surface area contributed by atoms with Crippen LogP contribution in [0.3, 0.4) is 0 Å². The number of guanidine groups is 1. The van der Waals surface area contributed by atoms with Crippen molar-refractivity contribution < 1.29 is 67.4 Å². The predicted molar refractivity (Wildman–Crippen MR) is 279 cm³/mol. The lowest BCUT2D eigenvalue weighted by atomic mass is 10.0. The number of aliphatic imine (C=N–C) groups is 1. The molecule has 2 saturated heterocycles. The number of carbonyl (C=O) groups is 13. The molecule has 1 aromatic carbocycles.